The molecule has 0 unspecified atom stereocenters. The van der Waals surface area contributed by atoms with Crippen molar-refractivity contribution in [3.63, 3.8) is 0 Å². The number of carboxylic acid groups (broad SMARTS) is 1. The molecule has 2 aromatic heterocycles. The normalized spacial score (nSPS) is 16.1. The van der Waals surface area contributed by atoms with Gasteiger partial charge in [0.25, 0.3) is 5.88 Å². The van der Waals surface area contributed by atoms with Gasteiger partial charge in [0.2, 0.25) is 5.88 Å². The number of terminal acetylenes is 1. The largest absolute Gasteiger partial charge is 0.478 e. The molecule has 0 spiro atoms. The number of carboxylic acids is 1. The molecule has 12 heteroatoms. The van der Waals surface area contributed by atoms with Crippen molar-refractivity contribution in [3.8, 4) is 30.2 Å². The number of imidazole rings is 1. The number of nitriles is 1. The Bertz CT molecular complexity index is 1880. The van der Waals surface area contributed by atoms with E-state index in [0.29, 0.717) is 56.8 Å². The quantitative estimate of drug-likeness (QED) is 0.206. The maximum absolute atomic E-state index is 15.0. The molecule has 1 aliphatic carbocycles. The van der Waals surface area contributed by atoms with Crippen LogP contribution in [0.3, 0.4) is 0 Å². The van der Waals surface area contributed by atoms with E-state index in [-0.39, 0.29) is 52.1 Å². The number of benzene rings is 2. The number of aromatic nitrogens is 3. The van der Waals surface area contributed by atoms with Crippen LogP contribution >= 0.6 is 0 Å². The predicted octanol–water partition coefficient (Wildman–Crippen LogP) is 5.84. The van der Waals surface area contributed by atoms with E-state index in [4.69, 9.17) is 21.2 Å². The van der Waals surface area contributed by atoms with Gasteiger partial charge < -0.3 is 19.1 Å². The van der Waals surface area contributed by atoms with Gasteiger partial charge in [0.15, 0.2) is 11.6 Å². The van der Waals surface area contributed by atoms with E-state index in [2.05, 4.69) is 20.8 Å². The summed E-state index contributed by atoms with van der Waals surface area (Å²) < 4.78 is 57.0. The summed E-state index contributed by atoms with van der Waals surface area (Å²) in [6.45, 7) is 1.95. The summed E-state index contributed by atoms with van der Waals surface area (Å²) in [7, 11) is 0. The van der Waals surface area contributed by atoms with Crippen LogP contribution < -0.4 is 9.47 Å². The van der Waals surface area contributed by atoms with Crippen LogP contribution in [0.15, 0.2) is 42.5 Å². The third kappa shape index (κ3) is 6.63. The lowest BCUT2D eigenvalue weighted by Gasteiger charge is -2.32. The molecule has 0 bridgehead atoms. The van der Waals surface area contributed by atoms with Crippen LogP contribution in [0.25, 0.3) is 11.0 Å². The van der Waals surface area contributed by atoms with Gasteiger partial charge in [-0.15, -0.1) is 12.3 Å². The molecule has 3 heterocycles. The van der Waals surface area contributed by atoms with E-state index >= 15 is 4.39 Å². The number of halogens is 3. The predicted molar refractivity (Wildman–Crippen MR) is 160 cm³/mol. The van der Waals surface area contributed by atoms with E-state index in [9.17, 15) is 18.7 Å². The number of likely N-dealkylation sites (tertiary alicyclic amines) is 1. The monoisotopic (exact) mass is 629 g/mol. The summed E-state index contributed by atoms with van der Waals surface area (Å²) in [5, 5.41) is 18.4. The number of carbonyl (C=O) groups is 1. The Morgan fingerprint density at radius 3 is 2.52 bits per heavy atom. The first kappa shape index (κ1) is 30.9. The second kappa shape index (κ2) is 12.7. The highest BCUT2D eigenvalue weighted by Gasteiger charge is 2.43. The van der Waals surface area contributed by atoms with Crippen LogP contribution in [0, 0.1) is 46.5 Å². The summed E-state index contributed by atoms with van der Waals surface area (Å²) in [6, 6.07) is 10.8. The van der Waals surface area contributed by atoms with Crippen molar-refractivity contribution in [1.29, 1.82) is 5.26 Å². The fraction of sp³-hybridized carbons (Fsp3) is 0.353. The molecule has 0 radical (unpaired) electrons. The van der Waals surface area contributed by atoms with E-state index in [0.717, 1.165) is 25.0 Å². The van der Waals surface area contributed by atoms with Gasteiger partial charge in [-0.25, -0.2) is 22.9 Å². The molecule has 236 valence electrons. The third-order valence-electron chi connectivity index (χ3n) is 8.58. The molecule has 1 N–H and O–H groups in total. The van der Waals surface area contributed by atoms with Gasteiger partial charge in [0, 0.05) is 37.7 Å². The minimum atomic E-state index is -1.21. The highest BCUT2D eigenvalue weighted by atomic mass is 19.1. The number of fused-ring (bicyclic) bond motifs is 1. The molecule has 9 nitrogen and oxygen atoms in total. The lowest BCUT2D eigenvalue weighted by molar-refractivity contribution is 0.0696. The molecule has 2 aromatic carbocycles. The van der Waals surface area contributed by atoms with Crippen LogP contribution in [0.1, 0.15) is 59.4 Å². The molecular formula is C34H30F3N5O4. The summed E-state index contributed by atoms with van der Waals surface area (Å²) in [6.07, 6.45) is 9.13. The zero-order valence-corrected chi connectivity index (χ0v) is 24.8. The van der Waals surface area contributed by atoms with Gasteiger partial charge in [-0.05, 0) is 61.4 Å². The Kier molecular flexibility index (Phi) is 8.57. The average Bonchev–Trinajstić information content (AvgIpc) is 3.72. The molecule has 4 aromatic rings. The first-order chi connectivity index (χ1) is 22.2. The molecule has 1 saturated heterocycles. The first-order valence-corrected chi connectivity index (χ1v) is 14.9. The fourth-order valence-corrected chi connectivity index (χ4v) is 5.78. The number of rotatable bonds is 11. The number of piperidine rings is 1. The van der Waals surface area contributed by atoms with Gasteiger partial charge in [0.1, 0.15) is 29.9 Å². The molecule has 1 saturated carbocycles. The SMILES string of the molecule is C#CCC1(Cn2c(CN3CCC(Oc4ccc(F)c(OCc5ccc(C#N)cc5F)n4)CC3)nc3c(F)cc(C(=O)O)cc32)CC1. The number of nitrogens with zero attached hydrogens (tertiary/aromatic N) is 5. The minimum absolute atomic E-state index is 0.103. The zero-order chi connectivity index (χ0) is 32.4. The highest BCUT2D eigenvalue weighted by molar-refractivity contribution is 5.92. The number of hydrogen-bond acceptors (Lipinski definition) is 7. The zero-order valence-electron chi connectivity index (χ0n) is 24.8. The number of pyridine rings is 1. The topological polar surface area (TPSA) is 114 Å². The lowest BCUT2D eigenvalue weighted by atomic mass is 10.0. The van der Waals surface area contributed by atoms with Gasteiger partial charge in [-0.3, -0.25) is 4.90 Å². The molecule has 2 aliphatic rings. The molecule has 2 fully saturated rings. The van der Waals surface area contributed by atoms with Gasteiger partial charge in [-0.1, -0.05) is 6.07 Å². The fourth-order valence-electron chi connectivity index (χ4n) is 5.78. The standard InChI is InChI=1S/C34H30F3N5O4/c1-2-9-34(10-11-34)20-42-28-16-23(33(43)44)15-27(37)31(28)39-29(42)18-41-12-7-24(8-13-41)46-30-6-5-25(35)32(40-30)45-19-22-4-3-21(17-38)14-26(22)36/h1,3-6,14-16,24H,7-13,18-20H2,(H,43,44). The van der Waals surface area contributed by atoms with Crippen LogP contribution in [0.5, 0.6) is 11.8 Å². The van der Waals surface area contributed by atoms with Crippen LogP contribution in [-0.2, 0) is 19.7 Å². The molecule has 46 heavy (non-hydrogen) atoms. The number of hydrogen-bond donors (Lipinski definition) is 1. The lowest BCUT2D eigenvalue weighted by Crippen LogP contribution is -2.38. The minimum Gasteiger partial charge on any atom is -0.478 e. The molecule has 6 rings (SSSR count). The summed E-state index contributed by atoms with van der Waals surface area (Å²) >= 11 is 0. The Balaban J connectivity index is 1.11. The Hall–Kier alpha value is -5.07. The number of ether oxygens (including phenoxy) is 2. The van der Waals surface area contributed by atoms with Crippen molar-refractivity contribution in [2.45, 2.75) is 57.9 Å². The highest BCUT2D eigenvalue weighted by Crippen LogP contribution is 2.50. The average molecular weight is 630 g/mol. The smallest absolute Gasteiger partial charge is 0.335 e. The summed E-state index contributed by atoms with van der Waals surface area (Å²) in [5.74, 6) is -0.0227. The van der Waals surface area contributed by atoms with Crippen molar-refractivity contribution < 1.29 is 32.5 Å². The maximum Gasteiger partial charge on any atom is 0.335 e. The molecular weight excluding hydrogens is 599 g/mol. The van der Waals surface area contributed by atoms with E-state index < -0.39 is 23.4 Å². The van der Waals surface area contributed by atoms with Crippen molar-refractivity contribution in [3.05, 3.63) is 82.4 Å². The second-order valence-corrected chi connectivity index (χ2v) is 11.9. The molecule has 0 amide bonds. The first-order valence-electron chi connectivity index (χ1n) is 14.9. The van der Waals surface area contributed by atoms with Crippen LogP contribution in [-0.4, -0.2) is 49.7 Å². The Morgan fingerprint density at radius 1 is 1.07 bits per heavy atom. The molecule has 0 atom stereocenters. The summed E-state index contributed by atoms with van der Waals surface area (Å²) in [4.78, 5) is 22.6. The van der Waals surface area contributed by atoms with Crippen molar-refractivity contribution in [2.24, 2.45) is 5.41 Å². The van der Waals surface area contributed by atoms with Gasteiger partial charge >= 0.3 is 5.97 Å². The van der Waals surface area contributed by atoms with E-state index in [1.807, 2.05) is 10.6 Å². The Morgan fingerprint density at radius 2 is 1.85 bits per heavy atom. The van der Waals surface area contributed by atoms with Crippen molar-refractivity contribution in [2.75, 3.05) is 13.1 Å². The van der Waals surface area contributed by atoms with Crippen molar-refractivity contribution >= 4 is 17.0 Å². The Labute approximate surface area is 263 Å². The van der Waals surface area contributed by atoms with Gasteiger partial charge in [-0.2, -0.15) is 10.2 Å². The van der Waals surface area contributed by atoms with E-state index in [1.54, 1.807) is 0 Å². The van der Waals surface area contributed by atoms with Crippen LogP contribution in [0.2, 0.25) is 0 Å². The van der Waals surface area contributed by atoms with Crippen molar-refractivity contribution in [1.82, 2.24) is 19.4 Å². The molecule has 1 aliphatic heterocycles. The summed E-state index contributed by atoms with van der Waals surface area (Å²) in [5.41, 5.74) is 0.658. The number of aromatic carboxylic acids is 1. The van der Waals surface area contributed by atoms with Crippen LogP contribution in [0.4, 0.5) is 13.2 Å². The second-order valence-electron chi connectivity index (χ2n) is 11.9. The van der Waals surface area contributed by atoms with E-state index in [1.165, 1.54) is 30.3 Å². The van der Waals surface area contributed by atoms with Gasteiger partial charge in [0.05, 0.1) is 29.3 Å². The third-order valence-corrected chi connectivity index (χ3v) is 8.58. The maximum atomic E-state index is 15.0.